The third-order valence-electron chi connectivity index (χ3n) is 2.86. The molecule has 4 nitrogen and oxygen atoms in total. The summed E-state index contributed by atoms with van der Waals surface area (Å²) in [5.74, 6) is 0.584. The number of hydrogen-bond donors (Lipinski definition) is 1. The molecule has 2 rings (SSSR count). The molecule has 112 valence electrons. The van der Waals surface area contributed by atoms with E-state index >= 15 is 0 Å². The van der Waals surface area contributed by atoms with Crippen LogP contribution in [-0.2, 0) is 6.42 Å². The Balaban J connectivity index is 0.00000220. The zero-order valence-electron chi connectivity index (χ0n) is 11.5. The van der Waals surface area contributed by atoms with Gasteiger partial charge in [-0.05, 0) is 36.2 Å². The second-order valence-corrected chi connectivity index (χ2v) is 4.61. The van der Waals surface area contributed by atoms with E-state index in [1.54, 1.807) is 31.5 Å². The molecule has 0 saturated carbocycles. The van der Waals surface area contributed by atoms with Crippen molar-refractivity contribution in [1.29, 1.82) is 0 Å². The number of nitrogens with zero attached hydrogens (tertiary/aromatic N) is 1. The maximum Gasteiger partial charge on any atom is 0.252 e. The molecule has 1 amide bonds. The number of rotatable bonds is 5. The lowest BCUT2D eigenvalue weighted by Crippen LogP contribution is -2.25. The van der Waals surface area contributed by atoms with Crippen molar-refractivity contribution in [1.82, 2.24) is 10.3 Å². The monoisotopic (exact) mass is 326 g/mol. The summed E-state index contributed by atoms with van der Waals surface area (Å²) in [4.78, 5) is 15.7. The molecule has 1 aromatic carbocycles. The quantitative estimate of drug-likeness (QED) is 0.918. The van der Waals surface area contributed by atoms with E-state index in [9.17, 15) is 4.79 Å². The molecule has 0 saturated heterocycles. The summed E-state index contributed by atoms with van der Waals surface area (Å²) < 4.78 is 5.09. The molecule has 0 spiro atoms. The van der Waals surface area contributed by atoms with Crippen LogP contribution in [0, 0.1) is 0 Å². The summed E-state index contributed by atoms with van der Waals surface area (Å²) in [5.41, 5.74) is 1.52. The molecule has 1 N–H and O–H groups in total. The number of benzene rings is 1. The molecule has 0 atom stereocenters. The Morgan fingerprint density at radius 1 is 1.38 bits per heavy atom. The van der Waals surface area contributed by atoms with Gasteiger partial charge < -0.3 is 10.1 Å². The number of methoxy groups -OCH3 is 1. The lowest BCUT2D eigenvalue weighted by atomic mass is 10.1. The number of carbonyl (C=O) groups is 1. The molecule has 0 radical (unpaired) electrons. The zero-order chi connectivity index (χ0) is 14.4. The largest absolute Gasteiger partial charge is 0.497 e. The van der Waals surface area contributed by atoms with Gasteiger partial charge in [0.1, 0.15) is 5.75 Å². The highest BCUT2D eigenvalue weighted by molar-refractivity contribution is 6.31. The Kier molecular flexibility index (Phi) is 6.99. The van der Waals surface area contributed by atoms with E-state index in [4.69, 9.17) is 16.3 Å². The van der Waals surface area contributed by atoms with Gasteiger partial charge in [0.05, 0.1) is 12.7 Å². The van der Waals surface area contributed by atoms with E-state index in [1.165, 1.54) is 6.20 Å². The van der Waals surface area contributed by atoms with Crippen molar-refractivity contribution in [3.05, 3.63) is 58.9 Å². The Hall–Kier alpha value is -1.78. The van der Waals surface area contributed by atoms with Gasteiger partial charge in [0.15, 0.2) is 0 Å². The molecule has 0 unspecified atom stereocenters. The lowest BCUT2D eigenvalue weighted by Gasteiger charge is -2.08. The van der Waals surface area contributed by atoms with Gasteiger partial charge in [-0.1, -0.05) is 17.7 Å². The number of ether oxygens (including phenoxy) is 1. The summed E-state index contributed by atoms with van der Waals surface area (Å²) >= 11 is 6.14. The predicted octanol–water partition coefficient (Wildman–Crippen LogP) is 3.14. The second kappa shape index (κ2) is 8.49. The van der Waals surface area contributed by atoms with Gasteiger partial charge in [0.25, 0.3) is 5.91 Å². The molecule has 0 aliphatic heterocycles. The fourth-order valence-electron chi connectivity index (χ4n) is 1.77. The molecule has 0 aliphatic carbocycles. The van der Waals surface area contributed by atoms with Crippen LogP contribution < -0.4 is 10.1 Å². The summed E-state index contributed by atoms with van der Waals surface area (Å²) in [6.07, 6.45) is 3.83. The van der Waals surface area contributed by atoms with E-state index in [-0.39, 0.29) is 18.3 Å². The third kappa shape index (κ3) is 4.92. The number of halogens is 2. The fourth-order valence-corrected chi connectivity index (χ4v) is 2.03. The molecular formula is C15H16Cl2N2O2. The molecular weight excluding hydrogens is 311 g/mol. The fraction of sp³-hybridized carbons (Fsp3) is 0.200. The smallest absolute Gasteiger partial charge is 0.252 e. The Bertz CT molecular complexity index is 591. The Morgan fingerprint density at radius 2 is 2.19 bits per heavy atom. The zero-order valence-corrected chi connectivity index (χ0v) is 13.1. The minimum absolute atomic E-state index is 0. The first-order chi connectivity index (χ1) is 9.70. The number of hydrogen-bond acceptors (Lipinski definition) is 3. The number of pyridine rings is 1. The predicted molar refractivity (Wildman–Crippen MR) is 85.5 cm³/mol. The molecule has 0 aliphatic rings. The third-order valence-corrected chi connectivity index (χ3v) is 3.22. The molecule has 1 heterocycles. The van der Waals surface area contributed by atoms with Crippen LogP contribution in [0.5, 0.6) is 5.75 Å². The van der Waals surface area contributed by atoms with E-state index in [0.29, 0.717) is 23.6 Å². The van der Waals surface area contributed by atoms with Gasteiger partial charge in [0, 0.05) is 24.0 Å². The first kappa shape index (κ1) is 17.3. The molecule has 0 bridgehead atoms. The van der Waals surface area contributed by atoms with Crippen molar-refractivity contribution in [2.24, 2.45) is 0 Å². The summed E-state index contributed by atoms with van der Waals surface area (Å²) in [6.45, 7) is 0.514. The van der Waals surface area contributed by atoms with Crippen LogP contribution in [0.1, 0.15) is 15.9 Å². The Morgan fingerprint density at radius 3 is 2.81 bits per heavy atom. The van der Waals surface area contributed by atoms with Crippen molar-refractivity contribution >= 4 is 29.9 Å². The first-order valence-corrected chi connectivity index (χ1v) is 6.59. The van der Waals surface area contributed by atoms with Gasteiger partial charge in [-0.15, -0.1) is 12.4 Å². The normalized spacial score (nSPS) is 9.62. The van der Waals surface area contributed by atoms with Crippen molar-refractivity contribution in [2.45, 2.75) is 6.42 Å². The van der Waals surface area contributed by atoms with E-state index in [1.807, 2.05) is 12.1 Å². The van der Waals surface area contributed by atoms with E-state index in [0.717, 1.165) is 11.3 Å². The lowest BCUT2D eigenvalue weighted by molar-refractivity contribution is 0.0954. The highest BCUT2D eigenvalue weighted by Crippen LogP contribution is 2.22. The summed E-state index contributed by atoms with van der Waals surface area (Å²) in [5, 5.41) is 3.47. The van der Waals surface area contributed by atoms with Crippen molar-refractivity contribution in [3.8, 4) is 5.75 Å². The van der Waals surface area contributed by atoms with Crippen LogP contribution in [0.4, 0.5) is 0 Å². The molecule has 1 aromatic heterocycles. The van der Waals surface area contributed by atoms with E-state index in [2.05, 4.69) is 10.3 Å². The highest BCUT2D eigenvalue weighted by Gasteiger charge is 2.06. The van der Waals surface area contributed by atoms with Crippen molar-refractivity contribution in [2.75, 3.05) is 13.7 Å². The summed E-state index contributed by atoms with van der Waals surface area (Å²) in [6, 6.07) is 8.97. The van der Waals surface area contributed by atoms with Crippen LogP contribution in [0.15, 0.2) is 42.7 Å². The van der Waals surface area contributed by atoms with Crippen molar-refractivity contribution in [3.63, 3.8) is 0 Å². The maximum atomic E-state index is 11.8. The maximum absolute atomic E-state index is 11.8. The molecule has 2 aromatic rings. The topological polar surface area (TPSA) is 51.2 Å². The van der Waals surface area contributed by atoms with Gasteiger partial charge in [0.2, 0.25) is 0 Å². The number of carbonyl (C=O) groups excluding carboxylic acids is 1. The average Bonchev–Trinajstić information content (AvgIpc) is 2.49. The van der Waals surface area contributed by atoms with Gasteiger partial charge >= 0.3 is 0 Å². The van der Waals surface area contributed by atoms with Crippen LogP contribution in [-0.4, -0.2) is 24.5 Å². The minimum Gasteiger partial charge on any atom is -0.497 e. The first-order valence-electron chi connectivity index (χ1n) is 6.21. The molecule has 6 heteroatoms. The van der Waals surface area contributed by atoms with Crippen molar-refractivity contribution < 1.29 is 9.53 Å². The number of amides is 1. The second-order valence-electron chi connectivity index (χ2n) is 4.20. The summed E-state index contributed by atoms with van der Waals surface area (Å²) in [7, 11) is 1.60. The SMILES string of the molecule is COc1ccc(CCNC(=O)c2cccnc2)c(Cl)c1.Cl. The van der Waals surface area contributed by atoms with Gasteiger partial charge in [-0.3, -0.25) is 9.78 Å². The van der Waals surface area contributed by atoms with Crippen LogP contribution >= 0.6 is 24.0 Å². The van der Waals surface area contributed by atoms with Crippen LogP contribution in [0.3, 0.4) is 0 Å². The van der Waals surface area contributed by atoms with Gasteiger partial charge in [-0.2, -0.15) is 0 Å². The number of aromatic nitrogens is 1. The molecule has 21 heavy (non-hydrogen) atoms. The average molecular weight is 327 g/mol. The number of nitrogens with one attached hydrogen (secondary N) is 1. The Labute approximate surface area is 134 Å². The molecule has 0 fully saturated rings. The standard InChI is InChI=1S/C15H15ClN2O2.ClH/c1-20-13-5-4-11(14(16)9-13)6-8-18-15(19)12-3-2-7-17-10-12;/h2-5,7,9-10H,6,8H2,1H3,(H,18,19);1H. The van der Waals surface area contributed by atoms with Gasteiger partial charge in [-0.25, -0.2) is 0 Å². The van der Waals surface area contributed by atoms with Crippen LogP contribution in [0.2, 0.25) is 5.02 Å². The van der Waals surface area contributed by atoms with E-state index < -0.39 is 0 Å². The highest BCUT2D eigenvalue weighted by atomic mass is 35.5. The minimum atomic E-state index is -0.136. The van der Waals surface area contributed by atoms with Crippen LogP contribution in [0.25, 0.3) is 0 Å².